The third kappa shape index (κ3) is 5.03. The molecule has 1 aromatic carbocycles. The molecule has 0 bridgehead atoms. The standard InChI is InChI=1S/C15H22O2/c1-5-12(13-9-7-6-8-10-13)11-14(16)17-15(2,3)4/h6-10,12H,5,11H2,1-4H3. The first-order valence-electron chi connectivity index (χ1n) is 6.19. The molecule has 0 aliphatic rings. The highest BCUT2D eigenvalue weighted by atomic mass is 16.6. The first-order valence-corrected chi connectivity index (χ1v) is 6.19. The Hall–Kier alpha value is -1.31. The van der Waals surface area contributed by atoms with E-state index in [-0.39, 0.29) is 11.9 Å². The molecule has 0 amide bonds. The van der Waals surface area contributed by atoms with Gasteiger partial charge in [-0.2, -0.15) is 0 Å². The van der Waals surface area contributed by atoms with Crippen LogP contribution in [0.15, 0.2) is 30.3 Å². The molecule has 0 N–H and O–H groups in total. The maximum atomic E-state index is 11.8. The summed E-state index contributed by atoms with van der Waals surface area (Å²) in [5, 5.41) is 0. The van der Waals surface area contributed by atoms with E-state index in [2.05, 4.69) is 19.1 Å². The molecule has 1 unspecified atom stereocenters. The van der Waals surface area contributed by atoms with Crippen molar-refractivity contribution in [3.8, 4) is 0 Å². The SMILES string of the molecule is CCC(CC(=O)OC(C)(C)C)c1ccccc1. The minimum absolute atomic E-state index is 0.117. The number of ether oxygens (including phenoxy) is 1. The van der Waals surface area contributed by atoms with E-state index in [4.69, 9.17) is 4.74 Å². The summed E-state index contributed by atoms with van der Waals surface area (Å²) in [6, 6.07) is 10.1. The predicted molar refractivity (Wildman–Crippen MR) is 69.9 cm³/mol. The maximum Gasteiger partial charge on any atom is 0.306 e. The average Bonchev–Trinajstić information content (AvgIpc) is 2.24. The van der Waals surface area contributed by atoms with Crippen LogP contribution in [-0.2, 0) is 9.53 Å². The smallest absolute Gasteiger partial charge is 0.306 e. The van der Waals surface area contributed by atoms with Crippen LogP contribution in [0.25, 0.3) is 0 Å². The van der Waals surface area contributed by atoms with Crippen LogP contribution in [0.1, 0.15) is 52.0 Å². The van der Waals surface area contributed by atoms with Crippen molar-refractivity contribution in [2.75, 3.05) is 0 Å². The Morgan fingerprint density at radius 3 is 2.29 bits per heavy atom. The fraction of sp³-hybridized carbons (Fsp3) is 0.533. The lowest BCUT2D eigenvalue weighted by atomic mass is 9.93. The molecular formula is C15H22O2. The predicted octanol–water partition coefficient (Wildman–Crippen LogP) is 3.91. The van der Waals surface area contributed by atoms with Crippen LogP contribution in [0, 0.1) is 0 Å². The molecule has 0 aliphatic heterocycles. The first kappa shape index (κ1) is 13.8. The van der Waals surface area contributed by atoms with Crippen LogP contribution in [0.3, 0.4) is 0 Å². The van der Waals surface area contributed by atoms with Crippen LogP contribution in [0.4, 0.5) is 0 Å². The van der Waals surface area contributed by atoms with Gasteiger partial charge in [-0.1, -0.05) is 37.3 Å². The fourth-order valence-electron chi connectivity index (χ4n) is 1.81. The van der Waals surface area contributed by atoms with Crippen molar-refractivity contribution in [2.24, 2.45) is 0 Å². The second-order valence-electron chi connectivity index (χ2n) is 5.31. The highest BCUT2D eigenvalue weighted by Crippen LogP contribution is 2.24. The lowest BCUT2D eigenvalue weighted by molar-refractivity contribution is -0.155. The van der Waals surface area contributed by atoms with Gasteiger partial charge in [-0.25, -0.2) is 0 Å². The van der Waals surface area contributed by atoms with E-state index in [1.54, 1.807) is 0 Å². The average molecular weight is 234 g/mol. The van der Waals surface area contributed by atoms with Crippen LogP contribution in [0.2, 0.25) is 0 Å². The van der Waals surface area contributed by atoms with Gasteiger partial charge in [-0.05, 0) is 38.7 Å². The van der Waals surface area contributed by atoms with Crippen molar-refractivity contribution in [1.29, 1.82) is 0 Å². The molecule has 2 heteroatoms. The van der Waals surface area contributed by atoms with E-state index < -0.39 is 5.60 Å². The number of esters is 1. The number of carbonyl (C=O) groups is 1. The molecule has 1 atom stereocenters. The zero-order chi connectivity index (χ0) is 12.9. The Kier molecular flexibility index (Phi) is 4.73. The summed E-state index contributed by atoms with van der Waals surface area (Å²) in [6.07, 6.45) is 1.40. The second-order valence-corrected chi connectivity index (χ2v) is 5.31. The Balaban J connectivity index is 2.62. The number of hydrogen-bond donors (Lipinski definition) is 0. The molecule has 0 saturated heterocycles. The Bertz CT molecular complexity index is 349. The Morgan fingerprint density at radius 1 is 1.24 bits per heavy atom. The van der Waals surface area contributed by atoms with E-state index in [9.17, 15) is 4.79 Å². The molecule has 94 valence electrons. The summed E-state index contributed by atoms with van der Waals surface area (Å²) in [5.74, 6) is 0.138. The molecule has 1 aromatic rings. The van der Waals surface area contributed by atoms with Gasteiger partial charge in [-0.15, -0.1) is 0 Å². The fourth-order valence-corrected chi connectivity index (χ4v) is 1.81. The van der Waals surface area contributed by atoms with Crippen molar-refractivity contribution in [3.63, 3.8) is 0 Å². The quantitative estimate of drug-likeness (QED) is 0.738. The van der Waals surface area contributed by atoms with Crippen molar-refractivity contribution < 1.29 is 9.53 Å². The molecule has 0 aliphatic carbocycles. The third-order valence-electron chi connectivity index (χ3n) is 2.60. The molecule has 0 saturated carbocycles. The van der Waals surface area contributed by atoms with E-state index in [0.717, 1.165) is 6.42 Å². The zero-order valence-electron chi connectivity index (χ0n) is 11.2. The van der Waals surface area contributed by atoms with E-state index in [1.807, 2.05) is 39.0 Å². The molecular weight excluding hydrogens is 212 g/mol. The van der Waals surface area contributed by atoms with Crippen LogP contribution < -0.4 is 0 Å². The summed E-state index contributed by atoms with van der Waals surface area (Å²) in [4.78, 5) is 11.8. The molecule has 0 radical (unpaired) electrons. The molecule has 0 aromatic heterocycles. The first-order chi connectivity index (χ1) is 7.92. The number of benzene rings is 1. The van der Waals surface area contributed by atoms with Crippen LogP contribution in [-0.4, -0.2) is 11.6 Å². The topological polar surface area (TPSA) is 26.3 Å². The molecule has 0 fully saturated rings. The largest absolute Gasteiger partial charge is 0.460 e. The Labute approximate surface area is 104 Å². The third-order valence-corrected chi connectivity index (χ3v) is 2.60. The van der Waals surface area contributed by atoms with Gasteiger partial charge in [0.25, 0.3) is 0 Å². The van der Waals surface area contributed by atoms with Gasteiger partial charge in [0.05, 0.1) is 6.42 Å². The molecule has 0 heterocycles. The van der Waals surface area contributed by atoms with Gasteiger partial charge in [0.1, 0.15) is 5.60 Å². The van der Waals surface area contributed by atoms with Gasteiger partial charge in [0, 0.05) is 0 Å². The van der Waals surface area contributed by atoms with Gasteiger partial charge >= 0.3 is 5.97 Å². The van der Waals surface area contributed by atoms with Crippen molar-refractivity contribution in [1.82, 2.24) is 0 Å². The highest BCUT2D eigenvalue weighted by molar-refractivity contribution is 5.71. The Morgan fingerprint density at radius 2 is 1.82 bits per heavy atom. The lowest BCUT2D eigenvalue weighted by Crippen LogP contribution is -2.24. The van der Waals surface area contributed by atoms with Crippen molar-refractivity contribution in [3.05, 3.63) is 35.9 Å². The molecule has 17 heavy (non-hydrogen) atoms. The van der Waals surface area contributed by atoms with Gasteiger partial charge in [0.2, 0.25) is 0 Å². The van der Waals surface area contributed by atoms with E-state index >= 15 is 0 Å². The zero-order valence-corrected chi connectivity index (χ0v) is 11.2. The van der Waals surface area contributed by atoms with Gasteiger partial charge in [-0.3, -0.25) is 4.79 Å². The summed E-state index contributed by atoms with van der Waals surface area (Å²) in [5.41, 5.74) is 0.812. The second kappa shape index (κ2) is 5.85. The summed E-state index contributed by atoms with van der Waals surface area (Å²) in [7, 11) is 0. The van der Waals surface area contributed by atoms with Gasteiger partial charge in [0.15, 0.2) is 0 Å². The molecule has 0 spiro atoms. The normalized spacial score (nSPS) is 13.2. The molecule has 1 rings (SSSR count). The summed E-state index contributed by atoms with van der Waals surface area (Å²) in [6.45, 7) is 7.79. The minimum Gasteiger partial charge on any atom is -0.460 e. The number of rotatable bonds is 4. The summed E-state index contributed by atoms with van der Waals surface area (Å²) < 4.78 is 5.35. The number of carbonyl (C=O) groups excluding carboxylic acids is 1. The maximum absolute atomic E-state index is 11.8. The highest BCUT2D eigenvalue weighted by Gasteiger charge is 2.20. The minimum atomic E-state index is -0.397. The van der Waals surface area contributed by atoms with Crippen LogP contribution >= 0.6 is 0 Å². The van der Waals surface area contributed by atoms with E-state index in [1.165, 1.54) is 5.56 Å². The monoisotopic (exact) mass is 234 g/mol. The lowest BCUT2D eigenvalue weighted by Gasteiger charge is -2.22. The van der Waals surface area contributed by atoms with E-state index in [0.29, 0.717) is 6.42 Å². The van der Waals surface area contributed by atoms with Crippen molar-refractivity contribution in [2.45, 2.75) is 52.1 Å². The summed E-state index contributed by atoms with van der Waals surface area (Å²) >= 11 is 0. The number of hydrogen-bond acceptors (Lipinski definition) is 2. The van der Waals surface area contributed by atoms with Crippen molar-refractivity contribution >= 4 is 5.97 Å². The van der Waals surface area contributed by atoms with Gasteiger partial charge < -0.3 is 4.74 Å². The molecule has 2 nitrogen and oxygen atoms in total. The van der Waals surface area contributed by atoms with Crippen LogP contribution in [0.5, 0.6) is 0 Å².